The number of sulfonamides is 1. The van der Waals surface area contributed by atoms with E-state index < -0.39 is 16.1 Å². The molecule has 1 fully saturated rings. The van der Waals surface area contributed by atoms with Gasteiger partial charge < -0.3 is 15.7 Å². The van der Waals surface area contributed by atoms with Crippen molar-refractivity contribution in [3.63, 3.8) is 0 Å². The zero-order chi connectivity index (χ0) is 23.4. The van der Waals surface area contributed by atoms with E-state index in [1.54, 1.807) is 18.3 Å². The Labute approximate surface area is 194 Å². The van der Waals surface area contributed by atoms with Crippen molar-refractivity contribution in [2.24, 2.45) is 0 Å². The standard InChI is InChI=1S/C23H31N5O4S/c1-33(31,32)28-11-8-20(15-28)26-22-12-18(6-9-24-22)23(30)25-13-21(29)16-27-10-7-17-4-2-3-5-19(17)14-27/h2-6,9,12,20-21,29H,7-8,10-11,13-16H2,1H3,(H,24,26)(H,25,30)/t20?,21-/m0/s1. The molecule has 178 valence electrons. The number of aliphatic hydroxyl groups excluding tert-OH is 1. The quantitative estimate of drug-likeness (QED) is 0.516. The number of β-amino-alcohol motifs (C(OH)–C–C–N with tert-alkyl or cyclic N) is 1. The first-order chi connectivity index (χ1) is 15.8. The number of aliphatic hydroxyl groups is 1. The third kappa shape index (κ3) is 6.29. The van der Waals surface area contributed by atoms with Gasteiger partial charge in [0.15, 0.2) is 0 Å². The lowest BCUT2D eigenvalue weighted by molar-refractivity contribution is 0.0842. The smallest absolute Gasteiger partial charge is 0.251 e. The first-order valence-electron chi connectivity index (χ1n) is 11.2. The van der Waals surface area contributed by atoms with Crippen molar-refractivity contribution < 1.29 is 18.3 Å². The number of pyridine rings is 1. The molecule has 0 spiro atoms. The number of benzene rings is 1. The second kappa shape index (κ2) is 10.2. The van der Waals surface area contributed by atoms with Crippen LogP contribution in [0.25, 0.3) is 0 Å². The Morgan fingerprint density at radius 2 is 2.03 bits per heavy atom. The van der Waals surface area contributed by atoms with Crippen LogP contribution < -0.4 is 10.6 Å². The van der Waals surface area contributed by atoms with E-state index >= 15 is 0 Å². The Balaban J connectivity index is 1.25. The Kier molecular flexibility index (Phi) is 7.28. The summed E-state index contributed by atoms with van der Waals surface area (Å²) >= 11 is 0. The Hall–Kier alpha value is -2.53. The molecule has 3 heterocycles. The molecule has 0 aliphatic carbocycles. The fourth-order valence-corrected chi connectivity index (χ4v) is 5.28. The molecule has 3 N–H and O–H groups in total. The minimum Gasteiger partial charge on any atom is -0.390 e. The van der Waals surface area contributed by atoms with Gasteiger partial charge in [-0.05, 0) is 36.1 Å². The number of amides is 1. The molecule has 33 heavy (non-hydrogen) atoms. The van der Waals surface area contributed by atoms with Crippen molar-refractivity contribution >= 4 is 21.7 Å². The van der Waals surface area contributed by atoms with Gasteiger partial charge in [0.1, 0.15) is 5.82 Å². The molecule has 1 aromatic carbocycles. The predicted molar refractivity (Wildman–Crippen MR) is 126 cm³/mol. The van der Waals surface area contributed by atoms with Gasteiger partial charge in [-0.25, -0.2) is 17.7 Å². The largest absolute Gasteiger partial charge is 0.390 e. The first-order valence-corrected chi connectivity index (χ1v) is 13.1. The number of rotatable bonds is 8. The topological polar surface area (TPSA) is 115 Å². The van der Waals surface area contributed by atoms with Crippen LogP contribution in [0.15, 0.2) is 42.6 Å². The molecule has 4 rings (SSSR count). The van der Waals surface area contributed by atoms with Crippen LogP contribution in [0, 0.1) is 0 Å². The second-order valence-corrected chi connectivity index (χ2v) is 10.8. The van der Waals surface area contributed by atoms with Crippen LogP contribution in [0.5, 0.6) is 0 Å². The number of aromatic nitrogens is 1. The highest BCUT2D eigenvalue weighted by molar-refractivity contribution is 7.88. The number of anilines is 1. The molecular weight excluding hydrogens is 442 g/mol. The number of carbonyl (C=O) groups is 1. The van der Waals surface area contributed by atoms with E-state index in [1.165, 1.54) is 21.7 Å². The van der Waals surface area contributed by atoms with Crippen LogP contribution in [-0.2, 0) is 23.0 Å². The molecule has 2 aliphatic heterocycles. The summed E-state index contributed by atoms with van der Waals surface area (Å²) in [5.41, 5.74) is 3.09. The summed E-state index contributed by atoms with van der Waals surface area (Å²) in [7, 11) is -3.21. The van der Waals surface area contributed by atoms with Crippen LogP contribution in [-0.4, -0.2) is 84.7 Å². The molecule has 2 aromatic rings. The zero-order valence-electron chi connectivity index (χ0n) is 18.8. The normalized spacial score (nSPS) is 20.2. The van der Waals surface area contributed by atoms with Crippen molar-refractivity contribution in [1.29, 1.82) is 0 Å². The van der Waals surface area contributed by atoms with Crippen LogP contribution in [0.1, 0.15) is 27.9 Å². The van der Waals surface area contributed by atoms with Crippen LogP contribution in [0.2, 0.25) is 0 Å². The minimum atomic E-state index is -3.21. The molecule has 10 heteroatoms. The monoisotopic (exact) mass is 473 g/mol. The number of hydrogen-bond donors (Lipinski definition) is 3. The van der Waals surface area contributed by atoms with Crippen LogP contribution in [0.3, 0.4) is 0 Å². The van der Waals surface area contributed by atoms with Crippen molar-refractivity contribution in [3.8, 4) is 0 Å². The number of nitrogens with one attached hydrogen (secondary N) is 2. The maximum absolute atomic E-state index is 12.6. The molecule has 1 saturated heterocycles. The maximum atomic E-state index is 12.6. The molecule has 2 atom stereocenters. The van der Waals surface area contributed by atoms with Crippen molar-refractivity contribution in [3.05, 3.63) is 59.3 Å². The molecular formula is C23H31N5O4S. The van der Waals surface area contributed by atoms with E-state index in [1.807, 2.05) is 6.07 Å². The van der Waals surface area contributed by atoms with E-state index in [9.17, 15) is 18.3 Å². The molecule has 2 aliphatic rings. The van der Waals surface area contributed by atoms with E-state index in [4.69, 9.17) is 0 Å². The van der Waals surface area contributed by atoms with Crippen LogP contribution in [0.4, 0.5) is 5.82 Å². The van der Waals surface area contributed by atoms with Gasteiger partial charge in [-0.1, -0.05) is 24.3 Å². The minimum absolute atomic E-state index is 0.0537. The summed E-state index contributed by atoms with van der Waals surface area (Å²) in [6.07, 6.45) is 3.72. The summed E-state index contributed by atoms with van der Waals surface area (Å²) in [4.78, 5) is 19.1. The Morgan fingerprint density at radius 1 is 1.24 bits per heavy atom. The van der Waals surface area contributed by atoms with Crippen molar-refractivity contribution in [2.75, 3.05) is 44.3 Å². The summed E-state index contributed by atoms with van der Waals surface area (Å²) in [5.74, 6) is 0.239. The zero-order valence-corrected chi connectivity index (χ0v) is 19.6. The predicted octanol–water partition coefficient (Wildman–Crippen LogP) is 0.676. The molecule has 1 amide bonds. The molecule has 0 radical (unpaired) electrons. The van der Waals surface area contributed by atoms with Gasteiger partial charge in [0.05, 0.1) is 12.4 Å². The third-order valence-electron chi connectivity index (χ3n) is 6.17. The van der Waals surface area contributed by atoms with Gasteiger partial charge in [0.2, 0.25) is 10.0 Å². The number of nitrogens with zero attached hydrogens (tertiary/aromatic N) is 3. The number of fused-ring (bicyclic) bond motifs is 1. The van der Waals surface area contributed by atoms with Gasteiger partial charge in [-0.2, -0.15) is 0 Å². The average Bonchev–Trinajstić information content (AvgIpc) is 3.27. The summed E-state index contributed by atoms with van der Waals surface area (Å²) in [5, 5.41) is 16.5. The van der Waals surface area contributed by atoms with E-state index in [-0.39, 0.29) is 18.5 Å². The van der Waals surface area contributed by atoms with Gasteiger partial charge in [-0.15, -0.1) is 0 Å². The highest BCUT2D eigenvalue weighted by atomic mass is 32.2. The van der Waals surface area contributed by atoms with Crippen LogP contribution >= 0.6 is 0 Å². The molecule has 9 nitrogen and oxygen atoms in total. The van der Waals surface area contributed by atoms with Crippen molar-refractivity contribution in [2.45, 2.75) is 31.5 Å². The van der Waals surface area contributed by atoms with E-state index in [0.29, 0.717) is 37.4 Å². The van der Waals surface area contributed by atoms with Gasteiger partial charge in [0.25, 0.3) is 5.91 Å². The van der Waals surface area contributed by atoms with E-state index in [0.717, 1.165) is 19.5 Å². The van der Waals surface area contributed by atoms with Gasteiger partial charge in [-0.3, -0.25) is 9.69 Å². The fraction of sp³-hybridized carbons (Fsp3) is 0.478. The lowest BCUT2D eigenvalue weighted by Crippen LogP contribution is -2.42. The summed E-state index contributed by atoms with van der Waals surface area (Å²) < 4.78 is 24.8. The van der Waals surface area contributed by atoms with E-state index in [2.05, 4.69) is 38.7 Å². The number of hydrogen-bond acceptors (Lipinski definition) is 7. The Bertz CT molecular complexity index is 1090. The van der Waals surface area contributed by atoms with Gasteiger partial charge in [0, 0.05) is 57.1 Å². The maximum Gasteiger partial charge on any atom is 0.251 e. The SMILES string of the molecule is CS(=O)(=O)N1CCC(Nc2cc(C(=O)NC[C@H](O)CN3CCc4ccccc4C3)ccn2)C1. The lowest BCUT2D eigenvalue weighted by atomic mass is 10.00. The summed E-state index contributed by atoms with van der Waals surface area (Å²) in [6, 6.07) is 11.6. The molecule has 0 saturated carbocycles. The number of carbonyl (C=O) groups excluding carboxylic acids is 1. The second-order valence-electron chi connectivity index (χ2n) is 8.80. The average molecular weight is 474 g/mol. The summed E-state index contributed by atoms with van der Waals surface area (Å²) in [6.45, 7) is 3.20. The first kappa shape index (κ1) is 23.6. The highest BCUT2D eigenvalue weighted by Crippen LogP contribution is 2.19. The molecule has 0 bridgehead atoms. The molecule has 1 unspecified atom stereocenters. The fourth-order valence-electron chi connectivity index (χ4n) is 4.39. The Morgan fingerprint density at radius 3 is 2.79 bits per heavy atom. The van der Waals surface area contributed by atoms with Gasteiger partial charge >= 0.3 is 0 Å². The third-order valence-corrected chi connectivity index (χ3v) is 7.44. The lowest BCUT2D eigenvalue weighted by Gasteiger charge is -2.30. The van der Waals surface area contributed by atoms with Crippen molar-refractivity contribution in [1.82, 2.24) is 19.5 Å². The highest BCUT2D eigenvalue weighted by Gasteiger charge is 2.28. The molecule has 1 aromatic heterocycles.